The molecule has 7 rings (SSSR count). The van der Waals surface area contributed by atoms with E-state index in [1.54, 1.807) is 0 Å². The quantitative estimate of drug-likeness (QED) is 0.289. The summed E-state index contributed by atoms with van der Waals surface area (Å²) in [7, 11) is 0. The van der Waals surface area contributed by atoms with Crippen molar-refractivity contribution in [3.05, 3.63) is 78.5 Å². The SMILES string of the molecule is Cc1cccnc1-c1cc2ccc3ccc4ccc5ccc1c1c5c4c3c21. The van der Waals surface area contributed by atoms with Gasteiger partial charge < -0.3 is 0 Å². The Morgan fingerprint density at radius 3 is 1.81 bits per heavy atom. The van der Waals surface area contributed by atoms with E-state index in [0.29, 0.717) is 0 Å². The zero-order valence-corrected chi connectivity index (χ0v) is 14.9. The van der Waals surface area contributed by atoms with E-state index < -0.39 is 0 Å². The third kappa shape index (κ3) is 1.50. The van der Waals surface area contributed by atoms with Crippen molar-refractivity contribution in [1.82, 2.24) is 4.98 Å². The number of rotatable bonds is 1. The van der Waals surface area contributed by atoms with Crippen LogP contribution in [0.5, 0.6) is 0 Å². The minimum absolute atomic E-state index is 1.09. The first kappa shape index (κ1) is 13.7. The second kappa shape index (κ2) is 4.44. The molecule has 7 aromatic rings. The van der Waals surface area contributed by atoms with Crippen LogP contribution in [0.1, 0.15) is 5.56 Å². The zero-order chi connectivity index (χ0) is 17.7. The third-order valence-corrected chi connectivity index (χ3v) is 6.29. The number of aryl methyl sites for hydroxylation is 1. The first-order chi connectivity index (χ1) is 13.3. The van der Waals surface area contributed by atoms with E-state index in [0.717, 1.165) is 5.69 Å². The topological polar surface area (TPSA) is 12.9 Å². The molecule has 0 radical (unpaired) electrons. The summed E-state index contributed by atoms with van der Waals surface area (Å²) in [4.78, 5) is 4.73. The molecule has 0 N–H and O–H groups in total. The Labute approximate surface area is 155 Å². The van der Waals surface area contributed by atoms with Crippen LogP contribution in [-0.4, -0.2) is 4.98 Å². The molecule has 124 valence electrons. The summed E-state index contributed by atoms with van der Waals surface area (Å²) in [5.41, 5.74) is 3.54. The van der Waals surface area contributed by atoms with Crippen LogP contribution in [0.4, 0.5) is 0 Å². The highest BCUT2D eigenvalue weighted by Crippen LogP contribution is 2.50. The van der Waals surface area contributed by atoms with Gasteiger partial charge >= 0.3 is 0 Å². The summed E-state index contributed by atoms with van der Waals surface area (Å²) < 4.78 is 0. The number of aromatic nitrogens is 1. The second-order valence-electron chi connectivity index (χ2n) is 7.67. The molecule has 0 aliphatic heterocycles. The second-order valence-corrected chi connectivity index (χ2v) is 7.67. The maximum atomic E-state index is 4.73. The maximum Gasteiger partial charge on any atom is 0.0737 e. The highest BCUT2D eigenvalue weighted by molar-refractivity contribution is 6.45. The molecule has 1 nitrogen and oxygen atoms in total. The molecule has 1 heterocycles. The minimum Gasteiger partial charge on any atom is -0.256 e. The van der Waals surface area contributed by atoms with E-state index in [4.69, 9.17) is 4.98 Å². The molecule has 0 amide bonds. The normalized spacial score (nSPS) is 12.6. The molecule has 0 aliphatic carbocycles. The monoisotopic (exact) mass is 341 g/mol. The van der Waals surface area contributed by atoms with Crippen molar-refractivity contribution in [1.29, 1.82) is 0 Å². The van der Waals surface area contributed by atoms with Crippen molar-refractivity contribution >= 4 is 53.9 Å². The minimum atomic E-state index is 1.09. The largest absolute Gasteiger partial charge is 0.256 e. The van der Waals surface area contributed by atoms with Crippen LogP contribution in [0.25, 0.3) is 65.1 Å². The van der Waals surface area contributed by atoms with Crippen LogP contribution >= 0.6 is 0 Å². The molecule has 1 heteroatoms. The molecule has 1 aromatic heterocycles. The predicted octanol–water partition coefficient (Wildman–Crippen LogP) is 7.14. The van der Waals surface area contributed by atoms with Crippen LogP contribution in [0.3, 0.4) is 0 Å². The molecule has 0 unspecified atom stereocenters. The van der Waals surface area contributed by atoms with Gasteiger partial charge in [0.1, 0.15) is 0 Å². The molecular weight excluding hydrogens is 326 g/mol. The Morgan fingerprint density at radius 1 is 0.593 bits per heavy atom. The van der Waals surface area contributed by atoms with E-state index in [9.17, 15) is 0 Å². The van der Waals surface area contributed by atoms with Crippen molar-refractivity contribution in [3.63, 3.8) is 0 Å². The highest BCUT2D eigenvalue weighted by Gasteiger charge is 2.22. The Balaban J connectivity index is 1.86. The first-order valence-corrected chi connectivity index (χ1v) is 9.41. The molecular formula is C26H15N. The van der Waals surface area contributed by atoms with E-state index >= 15 is 0 Å². The van der Waals surface area contributed by atoms with Gasteiger partial charge in [0.25, 0.3) is 0 Å². The summed E-state index contributed by atoms with van der Waals surface area (Å²) >= 11 is 0. The molecule has 0 fully saturated rings. The Bertz CT molecular complexity index is 1580. The smallest absolute Gasteiger partial charge is 0.0737 e. The molecule has 0 spiro atoms. The van der Waals surface area contributed by atoms with Gasteiger partial charge in [-0.2, -0.15) is 0 Å². The van der Waals surface area contributed by atoms with Crippen molar-refractivity contribution in [2.45, 2.75) is 6.92 Å². The highest BCUT2D eigenvalue weighted by atomic mass is 14.7. The average molecular weight is 341 g/mol. The van der Waals surface area contributed by atoms with Crippen molar-refractivity contribution in [2.75, 3.05) is 0 Å². The lowest BCUT2D eigenvalue weighted by atomic mass is 9.93. The molecule has 0 saturated heterocycles. The van der Waals surface area contributed by atoms with E-state index in [1.165, 1.54) is 65.0 Å². The Kier molecular flexibility index (Phi) is 2.26. The van der Waals surface area contributed by atoms with Gasteiger partial charge in [0.05, 0.1) is 5.69 Å². The lowest BCUT2D eigenvalue weighted by Gasteiger charge is -2.12. The van der Waals surface area contributed by atoms with Crippen LogP contribution in [0, 0.1) is 6.92 Å². The summed E-state index contributed by atoms with van der Waals surface area (Å²) in [6.07, 6.45) is 1.90. The summed E-state index contributed by atoms with van der Waals surface area (Å²) in [6, 6.07) is 24.6. The van der Waals surface area contributed by atoms with Gasteiger partial charge in [-0.25, -0.2) is 0 Å². The van der Waals surface area contributed by atoms with E-state index in [2.05, 4.69) is 67.6 Å². The number of nitrogens with zero attached hydrogens (tertiary/aromatic N) is 1. The number of hydrogen-bond donors (Lipinski definition) is 0. The molecule has 0 atom stereocenters. The maximum absolute atomic E-state index is 4.73. The number of pyridine rings is 1. The summed E-state index contributed by atoms with van der Waals surface area (Å²) in [5, 5.41) is 13.7. The number of hydrogen-bond acceptors (Lipinski definition) is 1. The summed E-state index contributed by atoms with van der Waals surface area (Å²) in [6.45, 7) is 2.15. The summed E-state index contributed by atoms with van der Waals surface area (Å²) in [5.74, 6) is 0. The average Bonchev–Trinajstić information content (AvgIpc) is 3.08. The van der Waals surface area contributed by atoms with Crippen molar-refractivity contribution < 1.29 is 0 Å². The fraction of sp³-hybridized carbons (Fsp3) is 0.0385. The fourth-order valence-electron chi connectivity index (χ4n) is 5.14. The lowest BCUT2D eigenvalue weighted by Crippen LogP contribution is -1.90. The standard InChI is InChI=1S/C26H15N/c1-14-3-2-12-27-26(14)20-13-18-9-8-16-5-4-15-6-7-17-10-11-19(20)25-23(17)21(15)22(16)24(18)25/h2-13H,1H3. The van der Waals surface area contributed by atoms with Crippen LogP contribution in [0.2, 0.25) is 0 Å². The van der Waals surface area contributed by atoms with Crippen molar-refractivity contribution in [3.8, 4) is 11.3 Å². The predicted molar refractivity (Wildman–Crippen MR) is 115 cm³/mol. The van der Waals surface area contributed by atoms with Gasteiger partial charge in [-0.3, -0.25) is 4.98 Å². The van der Waals surface area contributed by atoms with E-state index in [-0.39, 0.29) is 0 Å². The van der Waals surface area contributed by atoms with Gasteiger partial charge in [-0.15, -0.1) is 0 Å². The zero-order valence-electron chi connectivity index (χ0n) is 14.9. The third-order valence-electron chi connectivity index (χ3n) is 6.29. The molecule has 0 aliphatic rings. The lowest BCUT2D eigenvalue weighted by molar-refractivity contribution is 1.28. The van der Waals surface area contributed by atoms with Gasteiger partial charge in [-0.05, 0) is 78.5 Å². The van der Waals surface area contributed by atoms with Gasteiger partial charge in [0, 0.05) is 11.8 Å². The van der Waals surface area contributed by atoms with Gasteiger partial charge in [0.15, 0.2) is 0 Å². The molecule has 0 saturated carbocycles. The first-order valence-electron chi connectivity index (χ1n) is 9.41. The number of benzene rings is 5. The van der Waals surface area contributed by atoms with E-state index in [1.807, 2.05) is 12.3 Å². The van der Waals surface area contributed by atoms with Crippen LogP contribution < -0.4 is 0 Å². The molecule has 0 bridgehead atoms. The van der Waals surface area contributed by atoms with Crippen LogP contribution in [0.15, 0.2) is 72.9 Å². The molecule has 27 heavy (non-hydrogen) atoms. The molecule has 6 aromatic carbocycles. The van der Waals surface area contributed by atoms with Crippen LogP contribution in [-0.2, 0) is 0 Å². The Morgan fingerprint density at radius 2 is 1.15 bits per heavy atom. The van der Waals surface area contributed by atoms with Gasteiger partial charge in [-0.1, -0.05) is 54.6 Å². The van der Waals surface area contributed by atoms with Gasteiger partial charge in [0.2, 0.25) is 0 Å². The van der Waals surface area contributed by atoms with Crippen molar-refractivity contribution in [2.24, 2.45) is 0 Å². The Hall–Kier alpha value is -3.45. The fourth-order valence-corrected chi connectivity index (χ4v) is 5.14.